The molecule has 0 saturated carbocycles. The van der Waals surface area contributed by atoms with Gasteiger partial charge in [0.05, 0.1) is 17.9 Å². The minimum Gasteiger partial charge on any atom is -0.462 e. The first kappa shape index (κ1) is 13.4. The molecule has 3 aromatic rings. The fourth-order valence-electron chi connectivity index (χ4n) is 2.48. The molecule has 0 radical (unpaired) electrons. The van der Waals surface area contributed by atoms with Crippen LogP contribution in [-0.4, -0.2) is 22.0 Å². The van der Waals surface area contributed by atoms with Crippen LogP contribution in [0.2, 0.25) is 0 Å². The highest BCUT2D eigenvalue weighted by atomic mass is 16.5. The number of carbonyl (C=O) groups is 1. The standard InChI is InChI=1S/C17H16N2O2/c1-3-21-17(20)15-11-14-6-4-5-9-19(14)16(15)13-7-8-18-12(2)10-13/h4-11H,3H2,1-2H3. The fourth-order valence-corrected chi connectivity index (χ4v) is 2.48. The molecule has 0 aromatic carbocycles. The van der Waals surface area contributed by atoms with Crippen molar-refractivity contribution >= 4 is 11.5 Å². The number of hydrogen-bond donors (Lipinski definition) is 0. The number of aromatic nitrogens is 2. The Morgan fingerprint density at radius 2 is 2.14 bits per heavy atom. The Morgan fingerprint density at radius 1 is 1.29 bits per heavy atom. The zero-order valence-corrected chi connectivity index (χ0v) is 12.0. The largest absolute Gasteiger partial charge is 0.462 e. The van der Waals surface area contributed by atoms with Crippen molar-refractivity contribution in [1.29, 1.82) is 0 Å². The number of aryl methyl sites for hydroxylation is 1. The van der Waals surface area contributed by atoms with Crippen molar-refractivity contribution in [2.45, 2.75) is 13.8 Å². The molecule has 0 amide bonds. The lowest BCUT2D eigenvalue weighted by molar-refractivity contribution is 0.0527. The summed E-state index contributed by atoms with van der Waals surface area (Å²) in [5.74, 6) is -0.300. The highest BCUT2D eigenvalue weighted by molar-refractivity contribution is 5.99. The maximum Gasteiger partial charge on any atom is 0.340 e. The average molecular weight is 280 g/mol. The topological polar surface area (TPSA) is 43.6 Å². The second-order valence-corrected chi connectivity index (χ2v) is 4.81. The first-order valence-electron chi connectivity index (χ1n) is 6.91. The van der Waals surface area contributed by atoms with Crippen LogP contribution in [0.5, 0.6) is 0 Å². The molecule has 3 rings (SSSR count). The van der Waals surface area contributed by atoms with Crippen molar-refractivity contribution in [2.75, 3.05) is 6.61 Å². The Balaban J connectivity index is 2.27. The van der Waals surface area contributed by atoms with Gasteiger partial charge in [-0.1, -0.05) is 6.07 Å². The lowest BCUT2D eigenvalue weighted by atomic mass is 10.1. The van der Waals surface area contributed by atoms with Crippen molar-refractivity contribution < 1.29 is 9.53 Å². The summed E-state index contributed by atoms with van der Waals surface area (Å²) in [5.41, 5.74) is 4.25. The first-order chi connectivity index (χ1) is 10.2. The molecule has 0 aliphatic heterocycles. The van der Waals surface area contributed by atoms with Gasteiger partial charge in [0.2, 0.25) is 0 Å². The van der Waals surface area contributed by atoms with Crippen LogP contribution in [0.3, 0.4) is 0 Å². The SMILES string of the molecule is CCOC(=O)c1cc2ccccn2c1-c1ccnc(C)c1. The minimum atomic E-state index is -0.300. The van der Waals surface area contributed by atoms with Gasteiger partial charge in [-0.25, -0.2) is 4.79 Å². The summed E-state index contributed by atoms with van der Waals surface area (Å²) in [6, 6.07) is 11.6. The number of fused-ring (bicyclic) bond motifs is 1. The molecule has 0 aliphatic rings. The number of ether oxygens (including phenoxy) is 1. The second-order valence-electron chi connectivity index (χ2n) is 4.81. The van der Waals surface area contributed by atoms with Crippen LogP contribution in [0, 0.1) is 6.92 Å². The van der Waals surface area contributed by atoms with Gasteiger partial charge >= 0.3 is 5.97 Å². The third-order valence-electron chi connectivity index (χ3n) is 3.35. The smallest absolute Gasteiger partial charge is 0.340 e. The third kappa shape index (κ3) is 2.40. The van der Waals surface area contributed by atoms with E-state index in [0.717, 1.165) is 22.5 Å². The molecule has 0 saturated heterocycles. The molecule has 3 aromatic heterocycles. The first-order valence-corrected chi connectivity index (χ1v) is 6.91. The number of nitrogens with zero attached hydrogens (tertiary/aromatic N) is 2. The summed E-state index contributed by atoms with van der Waals surface area (Å²) in [5, 5.41) is 0. The highest BCUT2D eigenvalue weighted by Gasteiger charge is 2.19. The van der Waals surface area contributed by atoms with E-state index in [2.05, 4.69) is 4.98 Å². The van der Waals surface area contributed by atoms with Gasteiger partial charge in [-0.15, -0.1) is 0 Å². The predicted molar refractivity (Wildman–Crippen MR) is 81.3 cm³/mol. The number of esters is 1. The molecular formula is C17H16N2O2. The Morgan fingerprint density at radius 3 is 2.90 bits per heavy atom. The van der Waals surface area contributed by atoms with Crippen LogP contribution in [0.25, 0.3) is 16.8 Å². The van der Waals surface area contributed by atoms with Gasteiger partial charge in [-0.3, -0.25) is 4.98 Å². The van der Waals surface area contributed by atoms with E-state index in [1.165, 1.54) is 0 Å². The lowest BCUT2D eigenvalue weighted by Gasteiger charge is -2.07. The molecule has 21 heavy (non-hydrogen) atoms. The van der Waals surface area contributed by atoms with Crippen molar-refractivity contribution in [2.24, 2.45) is 0 Å². The van der Waals surface area contributed by atoms with Crippen molar-refractivity contribution in [3.8, 4) is 11.3 Å². The van der Waals surface area contributed by atoms with Crippen molar-refractivity contribution in [1.82, 2.24) is 9.38 Å². The van der Waals surface area contributed by atoms with Crippen LogP contribution in [0.15, 0.2) is 48.8 Å². The van der Waals surface area contributed by atoms with Gasteiger partial charge < -0.3 is 9.14 Å². The third-order valence-corrected chi connectivity index (χ3v) is 3.35. The van der Waals surface area contributed by atoms with Gasteiger partial charge in [-0.05, 0) is 44.2 Å². The molecule has 4 heteroatoms. The van der Waals surface area contributed by atoms with E-state index in [0.29, 0.717) is 12.2 Å². The average Bonchev–Trinajstić information content (AvgIpc) is 2.87. The van der Waals surface area contributed by atoms with E-state index in [1.54, 1.807) is 6.20 Å². The monoisotopic (exact) mass is 280 g/mol. The molecule has 0 fully saturated rings. The van der Waals surface area contributed by atoms with Gasteiger partial charge in [-0.2, -0.15) is 0 Å². The highest BCUT2D eigenvalue weighted by Crippen LogP contribution is 2.28. The summed E-state index contributed by atoms with van der Waals surface area (Å²) >= 11 is 0. The second kappa shape index (κ2) is 5.40. The Hall–Kier alpha value is -2.62. The number of carbonyl (C=O) groups excluding carboxylic acids is 1. The molecule has 3 heterocycles. The maximum atomic E-state index is 12.2. The van der Waals surface area contributed by atoms with Crippen molar-refractivity contribution in [3.05, 3.63) is 60.0 Å². The van der Waals surface area contributed by atoms with Crippen LogP contribution in [0.1, 0.15) is 23.0 Å². The van der Waals surface area contributed by atoms with E-state index in [9.17, 15) is 4.79 Å². The zero-order valence-electron chi connectivity index (χ0n) is 12.0. The van der Waals surface area contributed by atoms with E-state index in [-0.39, 0.29) is 5.97 Å². The molecule has 0 atom stereocenters. The van der Waals surface area contributed by atoms with Crippen LogP contribution < -0.4 is 0 Å². The van der Waals surface area contributed by atoms with Gasteiger partial charge in [0, 0.05) is 29.2 Å². The van der Waals surface area contributed by atoms with E-state index >= 15 is 0 Å². The predicted octanol–water partition coefficient (Wildman–Crippen LogP) is 3.49. The van der Waals surface area contributed by atoms with Crippen LogP contribution in [-0.2, 0) is 4.74 Å². The maximum absolute atomic E-state index is 12.2. The molecule has 0 unspecified atom stereocenters. The lowest BCUT2D eigenvalue weighted by Crippen LogP contribution is -2.05. The normalized spacial score (nSPS) is 10.8. The van der Waals surface area contributed by atoms with Gasteiger partial charge in [0.25, 0.3) is 0 Å². The fraction of sp³-hybridized carbons (Fsp3) is 0.176. The molecule has 0 aliphatic carbocycles. The summed E-state index contributed by atoms with van der Waals surface area (Å²) in [6.07, 6.45) is 3.70. The number of hydrogen-bond acceptors (Lipinski definition) is 3. The Bertz CT molecular complexity index is 805. The summed E-state index contributed by atoms with van der Waals surface area (Å²) in [7, 11) is 0. The molecule has 106 valence electrons. The molecular weight excluding hydrogens is 264 g/mol. The van der Waals surface area contributed by atoms with E-state index < -0.39 is 0 Å². The summed E-state index contributed by atoms with van der Waals surface area (Å²) in [4.78, 5) is 16.5. The summed E-state index contributed by atoms with van der Waals surface area (Å²) in [6.45, 7) is 4.10. The van der Waals surface area contributed by atoms with E-state index in [4.69, 9.17) is 4.74 Å². The molecule has 4 nitrogen and oxygen atoms in total. The Kier molecular flexibility index (Phi) is 3.44. The van der Waals surface area contributed by atoms with Crippen LogP contribution >= 0.6 is 0 Å². The Labute approximate surface area is 123 Å². The quantitative estimate of drug-likeness (QED) is 0.690. The van der Waals surface area contributed by atoms with Crippen LogP contribution in [0.4, 0.5) is 0 Å². The van der Waals surface area contributed by atoms with Crippen molar-refractivity contribution in [3.63, 3.8) is 0 Å². The molecule has 0 spiro atoms. The van der Waals surface area contributed by atoms with Gasteiger partial charge in [0.1, 0.15) is 0 Å². The van der Waals surface area contributed by atoms with Gasteiger partial charge in [0.15, 0.2) is 0 Å². The molecule has 0 N–H and O–H groups in total. The molecule has 0 bridgehead atoms. The number of pyridine rings is 2. The number of rotatable bonds is 3. The summed E-state index contributed by atoms with van der Waals surface area (Å²) < 4.78 is 7.18. The zero-order chi connectivity index (χ0) is 14.8. The van der Waals surface area contributed by atoms with E-state index in [1.807, 2.05) is 60.8 Å². The minimum absolute atomic E-state index is 0.300.